The van der Waals surface area contributed by atoms with E-state index in [1.165, 1.54) is 0 Å². The Kier molecular flexibility index (Phi) is 3.35. The van der Waals surface area contributed by atoms with Crippen LogP contribution in [0.3, 0.4) is 0 Å². The molecular formula is C12H12N4S. The monoisotopic (exact) mass is 244 g/mol. The number of amidine groups is 1. The minimum atomic E-state index is -0.0340. The van der Waals surface area contributed by atoms with E-state index in [0.29, 0.717) is 5.84 Å². The Balaban J connectivity index is 2.28. The molecule has 0 saturated heterocycles. The van der Waals surface area contributed by atoms with Crippen molar-refractivity contribution in [3.63, 3.8) is 0 Å². The highest BCUT2D eigenvalue weighted by atomic mass is 32.1. The molecule has 1 heterocycles. The van der Waals surface area contributed by atoms with E-state index in [9.17, 15) is 0 Å². The first kappa shape index (κ1) is 11.6. The molecule has 0 spiro atoms. The third-order valence-corrected chi connectivity index (χ3v) is 3.50. The molecule has 0 fully saturated rings. The number of nitrogens with zero attached hydrogens (tertiary/aromatic N) is 3. The van der Waals surface area contributed by atoms with Gasteiger partial charge in [0.15, 0.2) is 6.19 Å². The van der Waals surface area contributed by atoms with Gasteiger partial charge in [-0.15, -0.1) is 11.3 Å². The Hall–Kier alpha value is -1.93. The average molecular weight is 244 g/mol. The highest BCUT2D eigenvalue weighted by molar-refractivity contribution is 7.18. The van der Waals surface area contributed by atoms with E-state index in [1.54, 1.807) is 18.3 Å². The Morgan fingerprint density at radius 1 is 1.53 bits per heavy atom. The van der Waals surface area contributed by atoms with Crippen LogP contribution >= 0.6 is 11.3 Å². The van der Waals surface area contributed by atoms with E-state index >= 15 is 0 Å². The van der Waals surface area contributed by atoms with Crippen molar-refractivity contribution in [2.75, 3.05) is 0 Å². The van der Waals surface area contributed by atoms with E-state index in [2.05, 4.69) is 15.3 Å². The maximum absolute atomic E-state index is 8.48. The van der Waals surface area contributed by atoms with Crippen LogP contribution in [0.1, 0.15) is 24.9 Å². The zero-order chi connectivity index (χ0) is 12.3. The predicted molar refractivity (Wildman–Crippen MR) is 69.9 cm³/mol. The molecule has 0 radical (unpaired) electrons. The molecule has 1 aromatic carbocycles. The first-order valence-electron chi connectivity index (χ1n) is 5.25. The molecule has 2 rings (SSSR count). The molecule has 0 aliphatic rings. The first-order chi connectivity index (χ1) is 8.20. The largest absolute Gasteiger partial charge is 0.281 e. The first-order valence-corrected chi connectivity index (χ1v) is 6.07. The second-order valence-electron chi connectivity index (χ2n) is 3.65. The van der Waals surface area contributed by atoms with Crippen molar-refractivity contribution in [2.45, 2.75) is 19.9 Å². The predicted octanol–water partition coefficient (Wildman–Crippen LogP) is 2.85. The van der Waals surface area contributed by atoms with E-state index in [-0.39, 0.29) is 6.04 Å². The number of nitrogens with one attached hydrogen (secondary N) is 1. The smallest absolute Gasteiger partial charge is 0.182 e. The van der Waals surface area contributed by atoms with E-state index in [4.69, 9.17) is 5.26 Å². The Morgan fingerprint density at radius 3 is 3.00 bits per heavy atom. The molecule has 2 aromatic rings. The van der Waals surface area contributed by atoms with E-state index < -0.39 is 0 Å². The summed E-state index contributed by atoms with van der Waals surface area (Å²) in [4.78, 5) is 8.89. The van der Waals surface area contributed by atoms with Crippen LogP contribution in [0.5, 0.6) is 0 Å². The van der Waals surface area contributed by atoms with Crippen molar-refractivity contribution in [2.24, 2.45) is 4.99 Å². The summed E-state index contributed by atoms with van der Waals surface area (Å²) in [5.74, 6) is 0.610. The van der Waals surface area contributed by atoms with Crippen molar-refractivity contribution >= 4 is 27.4 Å². The number of nitriles is 1. The molecule has 17 heavy (non-hydrogen) atoms. The number of aromatic nitrogens is 1. The number of hydrogen-bond donors (Lipinski definition) is 1. The molecule has 0 amide bonds. The highest BCUT2D eigenvalue weighted by Gasteiger charge is 2.10. The number of benzene rings is 1. The van der Waals surface area contributed by atoms with Gasteiger partial charge in [-0.3, -0.25) is 10.3 Å². The lowest BCUT2D eigenvalue weighted by Crippen LogP contribution is -2.14. The molecule has 4 nitrogen and oxygen atoms in total. The second kappa shape index (κ2) is 4.93. The number of fused-ring (bicyclic) bond motifs is 1. The molecule has 0 aliphatic carbocycles. The van der Waals surface area contributed by atoms with E-state index in [0.717, 1.165) is 15.2 Å². The minimum absolute atomic E-state index is 0.0340. The molecule has 0 bridgehead atoms. The lowest BCUT2D eigenvalue weighted by molar-refractivity contribution is 0.805. The van der Waals surface area contributed by atoms with Gasteiger partial charge in [0.1, 0.15) is 16.9 Å². The van der Waals surface area contributed by atoms with Gasteiger partial charge >= 0.3 is 0 Å². The van der Waals surface area contributed by atoms with E-state index in [1.807, 2.05) is 37.4 Å². The maximum Gasteiger partial charge on any atom is 0.182 e. The summed E-state index contributed by atoms with van der Waals surface area (Å²) >= 11 is 1.64. The summed E-state index contributed by atoms with van der Waals surface area (Å²) in [7, 11) is 0. The lowest BCUT2D eigenvalue weighted by Gasteiger charge is -2.02. The van der Waals surface area contributed by atoms with Gasteiger partial charge in [0, 0.05) is 0 Å². The van der Waals surface area contributed by atoms with Crippen molar-refractivity contribution < 1.29 is 0 Å². The quantitative estimate of drug-likeness (QED) is 0.382. The SMILES string of the molecule is CC(=NC(C)c1nc2ccccc2s1)NC#N. The lowest BCUT2D eigenvalue weighted by atomic mass is 10.3. The molecule has 0 aliphatic heterocycles. The van der Waals surface area contributed by atoms with Crippen molar-refractivity contribution in [1.29, 1.82) is 5.26 Å². The van der Waals surface area contributed by atoms with Gasteiger partial charge in [-0.1, -0.05) is 12.1 Å². The van der Waals surface area contributed by atoms with Crippen LogP contribution in [-0.2, 0) is 0 Å². The molecule has 86 valence electrons. The van der Waals surface area contributed by atoms with Gasteiger partial charge in [0.05, 0.1) is 10.2 Å². The fourth-order valence-electron chi connectivity index (χ4n) is 1.53. The summed E-state index contributed by atoms with van der Waals surface area (Å²) in [6.07, 6.45) is 1.85. The Labute approximate surface area is 104 Å². The molecular weight excluding hydrogens is 232 g/mol. The summed E-state index contributed by atoms with van der Waals surface area (Å²) in [6.45, 7) is 3.74. The summed E-state index contributed by atoms with van der Waals surface area (Å²) in [5, 5.41) is 12.0. The molecule has 5 heteroatoms. The van der Waals surface area contributed by atoms with Crippen LogP contribution in [0.2, 0.25) is 0 Å². The van der Waals surface area contributed by atoms with Gasteiger partial charge in [-0.25, -0.2) is 4.98 Å². The molecule has 1 aromatic heterocycles. The minimum Gasteiger partial charge on any atom is -0.281 e. The molecule has 1 atom stereocenters. The summed E-state index contributed by atoms with van der Waals surface area (Å²) < 4.78 is 1.16. The summed E-state index contributed by atoms with van der Waals surface area (Å²) in [5.41, 5.74) is 1.00. The molecule has 1 N–H and O–H groups in total. The Morgan fingerprint density at radius 2 is 2.29 bits per heavy atom. The average Bonchev–Trinajstić information content (AvgIpc) is 2.72. The fraction of sp³-hybridized carbons (Fsp3) is 0.250. The third kappa shape index (κ3) is 2.60. The van der Waals surface area contributed by atoms with Gasteiger partial charge in [-0.2, -0.15) is 5.26 Å². The number of aliphatic imine (C=N–C) groups is 1. The van der Waals surface area contributed by atoms with Crippen LogP contribution in [0, 0.1) is 11.5 Å². The molecule has 1 unspecified atom stereocenters. The van der Waals surface area contributed by atoms with Crippen LogP contribution in [0.4, 0.5) is 0 Å². The van der Waals surface area contributed by atoms with Crippen molar-refractivity contribution in [3.05, 3.63) is 29.3 Å². The topological polar surface area (TPSA) is 61.1 Å². The fourth-order valence-corrected chi connectivity index (χ4v) is 2.49. The summed E-state index contributed by atoms with van der Waals surface area (Å²) in [6, 6.07) is 7.98. The van der Waals surface area contributed by atoms with Gasteiger partial charge in [0.25, 0.3) is 0 Å². The van der Waals surface area contributed by atoms with Crippen LogP contribution in [-0.4, -0.2) is 10.8 Å². The third-order valence-electron chi connectivity index (χ3n) is 2.29. The van der Waals surface area contributed by atoms with Gasteiger partial charge in [0.2, 0.25) is 0 Å². The van der Waals surface area contributed by atoms with Crippen molar-refractivity contribution in [3.8, 4) is 6.19 Å². The number of hydrogen-bond acceptors (Lipinski definition) is 4. The number of thiazole rings is 1. The zero-order valence-electron chi connectivity index (χ0n) is 9.64. The second-order valence-corrected chi connectivity index (χ2v) is 4.71. The normalized spacial score (nSPS) is 13.4. The maximum atomic E-state index is 8.48. The highest BCUT2D eigenvalue weighted by Crippen LogP contribution is 2.27. The number of para-hydroxylation sites is 1. The van der Waals surface area contributed by atoms with Crippen LogP contribution < -0.4 is 5.32 Å². The van der Waals surface area contributed by atoms with Crippen LogP contribution in [0.15, 0.2) is 29.3 Å². The zero-order valence-corrected chi connectivity index (χ0v) is 10.5. The van der Waals surface area contributed by atoms with Gasteiger partial charge < -0.3 is 0 Å². The van der Waals surface area contributed by atoms with Gasteiger partial charge in [-0.05, 0) is 26.0 Å². The van der Waals surface area contributed by atoms with Crippen LogP contribution in [0.25, 0.3) is 10.2 Å². The number of rotatable bonds is 2. The van der Waals surface area contributed by atoms with Crippen molar-refractivity contribution in [1.82, 2.24) is 10.3 Å². The standard InChI is InChI=1S/C12H12N4S/c1-8(15-9(2)14-7-13)12-16-10-5-3-4-6-11(10)17-12/h3-6,8H,1-2H3,(H,14,15). The Bertz CT molecular complexity index is 561. The molecule has 0 saturated carbocycles.